The van der Waals surface area contributed by atoms with Gasteiger partial charge in [0.2, 0.25) is 5.69 Å². The molecule has 4 heteroatoms. The highest BCUT2D eigenvalue weighted by molar-refractivity contribution is 6.15. The third-order valence-electron chi connectivity index (χ3n) is 8.21. The predicted octanol–water partition coefficient (Wildman–Crippen LogP) is 10.8. The fraction of sp³-hybridized carbons (Fsp3) is 0. The van der Waals surface area contributed by atoms with Crippen LogP contribution in [-0.4, -0.2) is 4.57 Å². The summed E-state index contributed by atoms with van der Waals surface area (Å²) >= 11 is 0. The molecule has 0 unspecified atom stereocenters. The van der Waals surface area contributed by atoms with Gasteiger partial charge in [-0.25, -0.2) is 4.85 Å². The minimum absolute atomic E-state index is 0.499. The number of furan rings is 2. The normalized spacial score (nSPS) is 11.9. The molecule has 0 aliphatic rings. The van der Waals surface area contributed by atoms with Crippen LogP contribution in [0.15, 0.2) is 130 Å². The van der Waals surface area contributed by atoms with Gasteiger partial charge < -0.3 is 13.4 Å². The van der Waals surface area contributed by atoms with E-state index in [9.17, 15) is 0 Å². The highest BCUT2D eigenvalue weighted by Gasteiger charge is 2.20. The van der Waals surface area contributed by atoms with E-state index < -0.39 is 0 Å². The third kappa shape index (κ3) is 3.03. The lowest BCUT2D eigenvalue weighted by atomic mass is 9.99. The number of hydrogen-bond acceptors (Lipinski definition) is 2. The fourth-order valence-electron chi connectivity index (χ4n) is 6.38. The molecule has 9 aromatic rings. The first-order valence-corrected chi connectivity index (χ1v) is 13.6. The Labute approximate surface area is 234 Å². The summed E-state index contributed by atoms with van der Waals surface area (Å²) in [7, 11) is 0. The van der Waals surface area contributed by atoms with Gasteiger partial charge in [-0.2, -0.15) is 0 Å². The minimum Gasteiger partial charge on any atom is -0.465 e. The second-order valence-electron chi connectivity index (χ2n) is 10.4. The summed E-state index contributed by atoms with van der Waals surface area (Å²) in [6.07, 6.45) is 0. The first kappa shape index (κ1) is 22.1. The van der Waals surface area contributed by atoms with Crippen molar-refractivity contribution in [3.63, 3.8) is 0 Å². The smallest absolute Gasteiger partial charge is 0.230 e. The summed E-state index contributed by atoms with van der Waals surface area (Å²) in [5.41, 5.74) is 8.81. The summed E-state index contributed by atoms with van der Waals surface area (Å²) in [5, 5.41) is 6.46. The van der Waals surface area contributed by atoms with E-state index in [0.717, 1.165) is 66.1 Å². The Morgan fingerprint density at radius 3 is 1.93 bits per heavy atom. The van der Waals surface area contributed by atoms with Crippen LogP contribution in [-0.2, 0) is 0 Å². The molecule has 0 radical (unpaired) electrons. The number of hydrogen-bond donors (Lipinski definition) is 0. The topological polar surface area (TPSA) is 35.6 Å². The molecular formula is C37H20N2O2. The molecule has 3 heterocycles. The van der Waals surface area contributed by atoms with Crippen LogP contribution < -0.4 is 0 Å². The van der Waals surface area contributed by atoms with Gasteiger partial charge in [0.1, 0.15) is 16.7 Å². The Morgan fingerprint density at radius 2 is 1.15 bits per heavy atom. The number of nitrogens with zero attached hydrogens (tertiary/aromatic N) is 2. The van der Waals surface area contributed by atoms with Crippen molar-refractivity contribution in [3.05, 3.63) is 133 Å². The van der Waals surface area contributed by atoms with Crippen LogP contribution in [0.2, 0.25) is 0 Å². The van der Waals surface area contributed by atoms with E-state index in [2.05, 4.69) is 100 Å². The fourth-order valence-corrected chi connectivity index (χ4v) is 6.38. The highest BCUT2D eigenvalue weighted by Crippen LogP contribution is 2.43. The molecule has 0 atom stereocenters. The Balaban J connectivity index is 1.32. The second kappa shape index (κ2) is 8.11. The van der Waals surface area contributed by atoms with Crippen molar-refractivity contribution >= 4 is 71.4 Å². The molecule has 41 heavy (non-hydrogen) atoms. The monoisotopic (exact) mass is 524 g/mol. The molecule has 0 amide bonds. The van der Waals surface area contributed by atoms with Crippen LogP contribution in [0.4, 0.5) is 5.69 Å². The molecule has 0 saturated carbocycles. The van der Waals surface area contributed by atoms with E-state index in [1.54, 1.807) is 0 Å². The number of para-hydroxylation sites is 4. The SMILES string of the molecule is [C-]#[N+]c1cc(-c2ccc3oc4ccccc4c3c2)cc2c1oc1c(-n3c4ccccc4c4ccccc43)cccc12. The minimum atomic E-state index is 0.499. The van der Waals surface area contributed by atoms with Crippen molar-refractivity contribution in [1.29, 1.82) is 0 Å². The predicted molar refractivity (Wildman–Crippen MR) is 167 cm³/mol. The lowest BCUT2D eigenvalue weighted by Crippen LogP contribution is -1.93. The lowest BCUT2D eigenvalue weighted by Gasteiger charge is -2.08. The van der Waals surface area contributed by atoms with Gasteiger partial charge in [-0.3, -0.25) is 0 Å². The van der Waals surface area contributed by atoms with Crippen LogP contribution in [0, 0.1) is 6.57 Å². The quantitative estimate of drug-likeness (QED) is 0.211. The first-order chi connectivity index (χ1) is 20.3. The van der Waals surface area contributed by atoms with Gasteiger partial charge in [-0.15, -0.1) is 0 Å². The number of rotatable bonds is 2. The summed E-state index contributed by atoms with van der Waals surface area (Å²) in [6.45, 7) is 8.03. The number of fused-ring (bicyclic) bond motifs is 9. The molecule has 6 aromatic carbocycles. The molecule has 0 fully saturated rings. The standard InChI is InChI=1S/C37H20N2O2/c1-38-30-21-23(22-17-18-35-28(19-22)26-11-4-7-16-34(26)40-35)20-29-27-12-8-15-33(37(27)41-36(29)30)39-31-13-5-2-9-24(31)25-10-3-6-14-32(25)39/h2-21H. The van der Waals surface area contributed by atoms with E-state index in [-0.39, 0.29) is 0 Å². The summed E-state index contributed by atoms with van der Waals surface area (Å²) in [4.78, 5) is 3.91. The molecule has 0 aliphatic heterocycles. The van der Waals surface area contributed by atoms with Crippen molar-refractivity contribution in [2.24, 2.45) is 0 Å². The Morgan fingerprint density at radius 1 is 0.488 bits per heavy atom. The maximum Gasteiger partial charge on any atom is 0.230 e. The van der Waals surface area contributed by atoms with E-state index in [1.165, 1.54) is 10.8 Å². The molecule has 0 saturated heterocycles. The summed E-state index contributed by atoms with van der Waals surface area (Å²) < 4.78 is 14.9. The van der Waals surface area contributed by atoms with Gasteiger partial charge in [-0.05, 0) is 59.7 Å². The zero-order valence-electron chi connectivity index (χ0n) is 21.8. The van der Waals surface area contributed by atoms with Crippen molar-refractivity contribution in [2.45, 2.75) is 0 Å². The van der Waals surface area contributed by atoms with Crippen LogP contribution >= 0.6 is 0 Å². The largest absolute Gasteiger partial charge is 0.465 e. The van der Waals surface area contributed by atoms with E-state index in [0.29, 0.717) is 11.3 Å². The van der Waals surface area contributed by atoms with Crippen molar-refractivity contribution in [1.82, 2.24) is 4.57 Å². The molecule has 0 N–H and O–H groups in total. The van der Waals surface area contributed by atoms with Crippen molar-refractivity contribution in [3.8, 4) is 16.8 Å². The van der Waals surface area contributed by atoms with Crippen molar-refractivity contribution < 1.29 is 8.83 Å². The molecular weight excluding hydrogens is 504 g/mol. The molecule has 9 rings (SSSR count). The maximum atomic E-state index is 8.03. The Kier molecular flexibility index (Phi) is 4.37. The van der Waals surface area contributed by atoms with Gasteiger partial charge in [0.05, 0.1) is 23.3 Å². The summed E-state index contributed by atoms with van der Waals surface area (Å²) in [5.74, 6) is 0. The van der Waals surface area contributed by atoms with Gasteiger partial charge in [0.15, 0.2) is 5.58 Å². The zero-order valence-corrected chi connectivity index (χ0v) is 21.8. The average Bonchev–Trinajstić information content (AvgIpc) is 3.70. The molecule has 3 aromatic heterocycles. The zero-order chi connectivity index (χ0) is 27.1. The Bertz CT molecular complexity index is 2500. The molecule has 190 valence electrons. The molecule has 4 nitrogen and oxygen atoms in total. The van der Waals surface area contributed by atoms with Crippen LogP contribution in [0.3, 0.4) is 0 Å². The third-order valence-corrected chi connectivity index (χ3v) is 8.21. The van der Waals surface area contributed by atoms with Crippen LogP contribution in [0.5, 0.6) is 0 Å². The highest BCUT2D eigenvalue weighted by atomic mass is 16.3. The number of benzene rings is 6. The van der Waals surface area contributed by atoms with Gasteiger partial charge in [0, 0.05) is 32.3 Å². The van der Waals surface area contributed by atoms with Crippen molar-refractivity contribution in [2.75, 3.05) is 0 Å². The summed E-state index contributed by atoms with van der Waals surface area (Å²) in [6, 6.07) is 41.6. The van der Waals surface area contributed by atoms with Gasteiger partial charge in [-0.1, -0.05) is 72.8 Å². The maximum absolute atomic E-state index is 8.03. The Hall–Kier alpha value is -5.79. The van der Waals surface area contributed by atoms with Crippen LogP contribution in [0.1, 0.15) is 0 Å². The molecule has 0 bridgehead atoms. The number of aromatic nitrogens is 1. The van der Waals surface area contributed by atoms with E-state index in [1.807, 2.05) is 30.3 Å². The molecule has 0 aliphatic carbocycles. The lowest BCUT2D eigenvalue weighted by molar-refractivity contribution is 0.668. The van der Waals surface area contributed by atoms with Crippen LogP contribution in [0.25, 0.3) is 87.3 Å². The van der Waals surface area contributed by atoms with E-state index in [4.69, 9.17) is 15.4 Å². The van der Waals surface area contributed by atoms with Gasteiger partial charge >= 0.3 is 0 Å². The van der Waals surface area contributed by atoms with Gasteiger partial charge in [0.25, 0.3) is 0 Å². The second-order valence-corrected chi connectivity index (χ2v) is 10.4. The molecule has 0 spiro atoms. The first-order valence-electron chi connectivity index (χ1n) is 13.6. The average molecular weight is 525 g/mol. The van der Waals surface area contributed by atoms with E-state index >= 15 is 0 Å².